The number of rotatable bonds is 5. The van der Waals surface area contributed by atoms with Crippen LogP contribution >= 0.6 is 23.2 Å². The SMILES string of the molecule is CC(NCC#Cc1ccc(Cl)cc1)[C@@H]1OC(C)(C)O[C@H]1C(=O)N1CCCC1c1cccc(Cl)c1. The molecule has 0 saturated carbocycles. The summed E-state index contributed by atoms with van der Waals surface area (Å²) < 4.78 is 12.3. The van der Waals surface area contributed by atoms with Crippen LogP contribution in [0.25, 0.3) is 0 Å². The van der Waals surface area contributed by atoms with E-state index in [9.17, 15) is 4.79 Å². The van der Waals surface area contributed by atoms with Crippen molar-refractivity contribution in [2.45, 2.75) is 63.7 Å². The molecule has 5 nitrogen and oxygen atoms in total. The van der Waals surface area contributed by atoms with Crippen LogP contribution in [0.3, 0.4) is 0 Å². The summed E-state index contributed by atoms with van der Waals surface area (Å²) in [6.07, 6.45) is 0.724. The van der Waals surface area contributed by atoms with Crippen molar-refractivity contribution in [2.24, 2.45) is 0 Å². The Labute approximate surface area is 211 Å². The van der Waals surface area contributed by atoms with Gasteiger partial charge in [-0.05, 0) is 75.6 Å². The highest BCUT2D eigenvalue weighted by molar-refractivity contribution is 6.30. The van der Waals surface area contributed by atoms with Crippen LogP contribution in [0.15, 0.2) is 48.5 Å². The summed E-state index contributed by atoms with van der Waals surface area (Å²) in [7, 11) is 0. The van der Waals surface area contributed by atoms with E-state index >= 15 is 0 Å². The smallest absolute Gasteiger partial charge is 0.255 e. The largest absolute Gasteiger partial charge is 0.342 e. The molecule has 2 aromatic carbocycles. The van der Waals surface area contributed by atoms with Gasteiger partial charge in [0.05, 0.1) is 12.6 Å². The predicted molar refractivity (Wildman–Crippen MR) is 135 cm³/mol. The molecule has 180 valence electrons. The molecule has 0 spiro atoms. The quantitative estimate of drug-likeness (QED) is 0.572. The lowest BCUT2D eigenvalue weighted by atomic mass is 10.0. The summed E-state index contributed by atoms with van der Waals surface area (Å²) in [5, 5.41) is 4.74. The number of nitrogens with one attached hydrogen (secondary N) is 1. The van der Waals surface area contributed by atoms with Gasteiger partial charge in [-0.2, -0.15) is 0 Å². The number of ether oxygens (including phenoxy) is 2. The Kier molecular flexibility index (Phi) is 7.87. The molecule has 2 fully saturated rings. The lowest BCUT2D eigenvalue weighted by Gasteiger charge is -2.30. The van der Waals surface area contributed by atoms with E-state index < -0.39 is 18.0 Å². The molecule has 2 heterocycles. The first-order chi connectivity index (χ1) is 16.2. The average molecular weight is 501 g/mol. The minimum absolute atomic E-state index is 0.00679. The van der Waals surface area contributed by atoms with Crippen LogP contribution in [0.4, 0.5) is 0 Å². The zero-order valence-electron chi connectivity index (χ0n) is 19.7. The molecule has 7 heteroatoms. The van der Waals surface area contributed by atoms with E-state index in [1.807, 2.05) is 74.2 Å². The number of carbonyl (C=O) groups excluding carboxylic acids is 1. The van der Waals surface area contributed by atoms with Crippen molar-refractivity contribution in [1.29, 1.82) is 0 Å². The van der Waals surface area contributed by atoms with Crippen molar-refractivity contribution < 1.29 is 14.3 Å². The molecule has 0 radical (unpaired) electrons. The van der Waals surface area contributed by atoms with Crippen LogP contribution in [0.5, 0.6) is 0 Å². The van der Waals surface area contributed by atoms with Crippen molar-refractivity contribution in [3.05, 3.63) is 69.7 Å². The Bertz CT molecular complexity index is 1080. The number of carbonyl (C=O) groups is 1. The highest BCUT2D eigenvalue weighted by atomic mass is 35.5. The van der Waals surface area contributed by atoms with E-state index in [0.29, 0.717) is 23.1 Å². The van der Waals surface area contributed by atoms with E-state index in [-0.39, 0.29) is 18.0 Å². The van der Waals surface area contributed by atoms with Crippen molar-refractivity contribution >= 4 is 29.1 Å². The van der Waals surface area contributed by atoms with Gasteiger partial charge in [-0.15, -0.1) is 0 Å². The lowest BCUT2D eigenvalue weighted by molar-refractivity contribution is -0.162. The minimum Gasteiger partial charge on any atom is -0.342 e. The van der Waals surface area contributed by atoms with Crippen molar-refractivity contribution in [1.82, 2.24) is 10.2 Å². The van der Waals surface area contributed by atoms with Gasteiger partial charge in [-0.25, -0.2) is 0 Å². The fourth-order valence-corrected chi connectivity index (χ4v) is 4.93. The highest BCUT2D eigenvalue weighted by Crippen LogP contribution is 2.37. The Morgan fingerprint density at radius 3 is 2.68 bits per heavy atom. The van der Waals surface area contributed by atoms with Gasteiger partial charge in [-0.3, -0.25) is 4.79 Å². The second-order valence-corrected chi connectivity index (χ2v) is 10.1. The van der Waals surface area contributed by atoms with E-state index in [1.54, 1.807) is 0 Å². The van der Waals surface area contributed by atoms with Gasteiger partial charge < -0.3 is 19.7 Å². The number of hydrogen-bond acceptors (Lipinski definition) is 4. The summed E-state index contributed by atoms with van der Waals surface area (Å²) in [6.45, 7) is 6.84. The standard InChI is InChI=1S/C27H30Cl2N2O3/c1-18(30-15-5-7-19-11-13-21(28)14-12-19)24-25(34-27(2,3)33-24)26(32)31-16-6-10-23(31)20-8-4-9-22(29)17-20/h4,8-9,11-14,17-18,23-25,30H,6,10,15-16H2,1-3H3/t18?,23?,24-,25+/m0/s1. The highest BCUT2D eigenvalue weighted by Gasteiger charge is 2.50. The Morgan fingerprint density at radius 1 is 1.18 bits per heavy atom. The second kappa shape index (κ2) is 10.7. The minimum atomic E-state index is -0.846. The Balaban J connectivity index is 1.43. The van der Waals surface area contributed by atoms with Crippen molar-refractivity contribution in [3.8, 4) is 11.8 Å². The average Bonchev–Trinajstić information content (AvgIpc) is 3.42. The zero-order valence-corrected chi connectivity index (χ0v) is 21.2. The summed E-state index contributed by atoms with van der Waals surface area (Å²) in [5.74, 6) is 5.34. The fraction of sp³-hybridized carbons (Fsp3) is 0.444. The third-order valence-corrected chi connectivity index (χ3v) is 6.71. The first kappa shape index (κ1) is 25.0. The van der Waals surface area contributed by atoms with E-state index in [0.717, 1.165) is 24.0 Å². The molecule has 2 aliphatic heterocycles. The van der Waals surface area contributed by atoms with Gasteiger partial charge in [0, 0.05) is 28.2 Å². The van der Waals surface area contributed by atoms with Crippen LogP contribution in [-0.2, 0) is 14.3 Å². The first-order valence-electron chi connectivity index (χ1n) is 11.6. The molecule has 4 rings (SSSR count). The number of amides is 1. The maximum atomic E-state index is 13.7. The molecule has 2 aromatic rings. The molecular weight excluding hydrogens is 471 g/mol. The number of halogens is 2. The summed E-state index contributed by atoms with van der Waals surface area (Å²) in [5.41, 5.74) is 1.95. The van der Waals surface area contributed by atoms with Crippen LogP contribution in [0, 0.1) is 11.8 Å². The number of benzene rings is 2. The molecule has 0 aromatic heterocycles. The van der Waals surface area contributed by atoms with Gasteiger partial charge in [0.15, 0.2) is 11.9 Å². The summed E-state index contributed by atoms with van der Waals surface area (Å²) in [4.78, 5) is 15.6. The van der Waals surface area contributed by atoms with Crippen LogP contribution in [0.2, 0.25) is 10.0 Å². The monoisotopic (exact) mass is 500 g/mol. The third kappa shape index (κ3) is 5.94. The van der Waals surface area contributed by atoms with E-state index in [4.69, 9.17) is 32.7 Å². The molecule has 4 atom stereocenters. The second-order valence-electron chi connectivity index (χ2n) is 9.24. The van der Waals surface area contributed by atoms with Gasteiger partial charge in [-0.1, -0.05) is 47.2 Å². The Hall–Kier alpha value is -2.07. The first-order valence-corrected chi connectivity index (χ1v) is 12.4. The topological polar surface area (TPSA) is 50.8 Å². The van der Waals surface area contributed by atoms with Crippen molar-refractivity contribution in [3.63, 3.8) is 0 Å². The maximum absolute atomic E-state index is 13.7. The molecule has 0 bridgehead atoms. The molecule has 34 heavy (non-hydrogen) atoms. The van der Waals surface area contributed by atoms with Crippen LogP contribution in [-0.4, -0.2) is 47.9 Å². The van der Waals surface area contributed by atoms with Crippen LogP contribution < -0.4 is 5.32 Å². The zero-order chi connectivity index (χ0) is 24.3. The van der Waals surface area contributed by atoms with E-state index in [2.05, 4.69) is 17.2 Å². The van der Waals surface area contributed by atoms with Crippen LogP contribution in [0.1, 0.15) is 50.8 Å². The maximum Gasteiger partial charge on any atom is 0.255 e. The summed E-state index contributed by atoms with van der Waals surface area (Å²) in [6, 6.07) is 15.0. The van der Waals surface area contributed by atoms with Gasteiger partial charge >= 0.3 is 0 Å². The van der Waals surface area contributed by atoms with Gasteiger partial charge in [0.2, 0.25) is 0 Å². The molecule has 2 unspecified atom stereocenters. The van der Waals surface area contributed by atoms with Gasteiger partial charge in [0.25, 0.3) is 5.91 Å². The molecular formula is C27H30Cl2N2O3. The number of likely N-dealkylation sites (tertiary alicyclic amines) is 1. The molecule has 2 aliphatic rings. The fourth-order valence-electron chi connectivity index (χ4n) is 4.61. The lowest BCUT2D eigenvalue weighted by Crippen LogP contribution is -2.50. The van der Waals surface area contributed by atoms with Crippen molar-refractivity contribution in [2.75, 3.05) is 13.1 Å². The van der Waals surface area contributed by atoms with Gasteiger partial charge in [0.1, 0.15) is 6.10 Å². The Morgan fingerprint density at radius 2 is 1.94 bits per heavy atom. The molecule has 2 saturated heterocycles. The molecule has 0 aliphatic carbocycles. The molecule has 1 N–H and O–H groups in total. The summed E-state index contributed by atoms with van der Waals surface area (Å²) >= 11 is 12.1. The number of hydrogen-bond donors (Lipinski definition) is 1. The van der Waals surface area contributed by atoms with E-state index in [1.165, 1.54) is 0 Å². The number of nitrogens with zero attached hydrogens (tertiary/aromatic N) is 1. The predicted octanol–water partition coefficient (Wildman–Crippen LogP) is 5.21. The normalized spacial score (nSPS) is 24.5. The third-order valence-electron chi connectivity index (χ3n) is 6.22. The molecule has 1 amide bonds.